The molecule has 3 aliphatic rings. The molecule has 2 aromatic heterocycles. The molecule has 1 unspecified atom stereocenters. The van der Waals surface area contributed by atoms with E-state index in [0.29, 0.717) is 18.2 Å². The fraction of sp³-hybridized carbons (Fsp3) is 0.600. The van der Waals surface area contributed by atoms with Gasteiger partial charge in [0.15, 0.2) is 5.13 Å². The van der Waals surface area contributed by atoms with Gasteiger partial charge in [0.2, 0.25) is 0 Å². The molecule has 7 nitrogen and oxygen atoms in total. The number of fused-ring (bicyclic) bond motifs is 2. The maximum Gasteiger partial charge on any atom is 0.323 e. The van der Waals surface area contributed by atoms with Crippen molar-refractivity contribution in [1.82, 2.24) is 19.7 Å². The van der Waals surface area contributed by atoms with Crippen LogP contribution in [-0.2, 0) is 31.6 Å². The second-order valence-corrected chi connectivity index (χ2v) is 10.1. The SMILES string of the molecule is O=C(Nc1nc2c(s1)CCCC2)N1CCCC1Cn1nc2c(cc1=O)CSCC2. The van der Waals surface area contributed by atoms with Gasteiger partial charge in [0.25, 0.3) is 5.56 Å². The van der Waals surface area contributed by atoms with Gasteiger partial charge in [0.05, 0.1) is 24.0 Å². The molecule has 0 bridgehead atoms. The third-order valence-corrected chi connectivity index (χ3v) is 8.07. The smallest absolute Gasteiger partial charge is 0.320 e. The van der Waals surface area contributed by atoms with Gasteiger partial charge in [-0.25, -0.2) is 14.5 Å². The minimum absolute atomic E-state index is 0.00852. The lowest BCUT2D eigenvalue weighted by Gasteiger charge is -2.25. The van der Waals surface area contributed by atoms with Crippen molar-refractivity contribution in [2.75, 3.05) is 17.6 Å². The van der Waals surface area contributed by atoms with Crippen LogP contribution in [0.25, 0.3) is 0 Å². The Bertz CT molecular complexity index is 962. The minimum atomic E-state index is -0.110. The number of hydrogen-bond acceptors (Lipinski definition) is 6. The van der Waals surface area contributed by atoms with Gasteiger partial charge in [-0.05, 0) is 49.8 Å². The number of carbonyl (C=O) groups is 1. The quantitative estimate of drug-likeness (QED) is 0.808. The number of urea groups is 1. The number of amides is 2. The summed E-state index contributed by atoms with van der Waals surface area (Å²) in [5.41, 5.74) is 3.19. The molecule has 2 aromatic rings. The van der Waals surface area contributed by atoms with Crippen LogP contribution in [0.3, 0.4) is 0 Å². The molecule has 2 aliphatic heterocycles. The molecule has 9 heteroatoms. The van der Waals surface area contributed by atoms with Crippen molar-refractivity contribution in [2.45, 2.75) is 63.3 Å². The number of thioether (sulfide) groups is 1. The third-order valence-electron chi connectivity index (χ3n) is 5.99. The van der Waals surface area contributed by atoms with Crippen molar-refractivity contribution in [2.24, 2.45) is 0 Å². The van der Waals surface area contributed by atoms with E-state index < -0.39 is 0 Å². The largest absolute Gasteiger partial charge is 0.323 e. The number of thiazole rings is 1. The van der Waals surface area contributed by atoms with Crippen molar-refractivity contribution in [3.63, 3.8) is 0 Å². The first-order valence-corrected chi connectivity index (χ1v) is 12.4. The Balaban J connectivity index is 1.29. The first kappa shape index (κ1) is 19.1. The highest BCUT2D eigenvalue weighted by atomic mass is 32.2. The number of aromatic nitrogens is 3. The average molecular weight is 432 g/mol. The Morgan fingerprint density at radius 3 is 3.00 bits per heavy atom. The number of hydrogen-bond donors (Lipinski definition) is 1. The predicted octanol–water partition coefficient (Wildman–Crippen LogP) is 3.06. The monoisotopic (exact) mass is 431 g/mol. The van der Waals surface area contributed by atoms with Crippen molar-refractivity contribution < 1.29 is 4.79 Å². The molecule has 0 radical (unpaired) electrons. The molecule has 0 saturated carbocycles. The van der Waals surface area contributed by atoms with Gasteiger partial charge in [0.1, 0.15) is 0 Å². The summed E-state index contributed by atoms with van der Waals surface area (Å²) < 4.78 is 1.56. The fourth-order valence-electron chi connectivity index (χ4n) is 4.44. The van der Waals surface area contributed by atoms with E-state index in [9.17, 15) is 9.59 Å². The summed E-state index contributed by atoms with van der Waals surface area (Å²) in [7, 11) is 0. The second kappa shape index (κ2) is 8.10. The summed E-state index contributed by atoms with van der Waals surface area (Å²) in [6.45, 7) is 1.17. The molecule has 0 spiro atoms. The summed E-state index contributed by atoms with van der Waals surface area (Å²) in [6, 6.07) is 1.61. The summed E-state index contributed by atoms with van der Waals surface area (Å²) in [5.74, 6) is 1.92. The van der Waals surface area contributed by atoms with E-state index in [1.807, 2.05) is 16.7 Å². The standard InChI is InChI=1S/C20H25N5O2S2/c26-18-10-13-12-28-9-7-15(13)23-25(18)11-14-4-3-8-24(14)20(27)22-19-21-16-5-1-2-6-17(16)29-19/h10,14H,1-9,11-12H2,(H,21,22,27). The number of rotatable bonds is 3. The molecule has 1 saturated heterocycles. The Kier molecular flexibility index (Phi) is 5.34. The number of nitrogens with zero attached hydrogens (tertiary/aromatic N) is 4. The highest BCUT2D eigenvalue weighted by Crippen LogP contribution is 2.30. The Labute approximate surface area is 177 Å². The first-order chi connectivity index (χ1) is 14.2. The molecule has 4 heterocycles. The lowest BCUT2D eigenvalue weighted by atomic mass is 10.0. The van der Waals surface area contributed by atoms with E-state index in [1.54, 1.807) is 22.1 Å². The number of carbonyl (C=O) groups excluding carboxylic acids is 1. The number of nitrogens with one attached hydrogen (secondary N) is 1. The second-order valence-electron chi connectivity index (χ2n) is 7.95. The van der Waals surface area contributed by atoms with Crippen LogP contribution in [0.1, 0.15) is 47.5 Å². The Hall–Kier alpha value is -1.87. The summed E-state index contributed by atoms with van der Waals surface area (Å²) in [4.78, 5) is 33.2. The van der Waals surface area contributed by atoms with Crippen molar-refractivity contribution in [3.05, 3.63) is 38.2 Å². The molecule has 5 rings (SSSR count). The summed E-state index contributed by atoms with van der Waals surface area (Å²) in [6.07, 6.45) is 7.22. The van der Waals surface area contributed by atoms with Crippen LogP contribution in [0.2, 0.25) is 0 Å². The molecule has 0 aromatic carbocycles. The topological polar surface area (TPSA) is 80.1 Å². The van der Waals surface area contributed by atoms with Gasteiger partial charge in [-0.15, -0.1) is 11.3 Å². The van der Waals surface area contributed by atoms with Crippen molar-refractivity contribution in [3.8, 4) is 0 Å². The number of anilines is 1. The molecular weight excluding hydrogens is 406 g/mol. The molecular formula is C20H25N5O2S2. The van der Waals surface area contributed by atoms with E-state index in [-0.39, 0.29) is 17.6 Å². The van der Waals surface area contributed by atoms with Crippen LogP contribution in [0, 0.1) is 0 Å². The summed E-state index contributed by atoms with van der Waals surface area (Å²) >= 11 is 3.45. The molecule has 1 aliphatic carbocycles. The van der Waals surface area contributed by atoms with Crippen molar-refractivity contribution >= 4 is 34.3 Å². The third kappa shape index (κ3) is 3.94. The van der Waals surface area contributed by atoms with Gasteiger partial charge in [-0.1, -0.05) is 0 Å². The van der Waals surface area contributed by atoms with Crippen LogP contribution in [0.15, 0.2) is 10.9 Å². The fourth-order valence-corrected chi connectivity index (χ4v) is 6.44. The number of likely N-dealkylation sites (tertiary alicyclic amines) is 1. The van der Waals surface area contributed by atoms with Crippen LogP contribution < -0.4 is 10.9 Å². The van der Waals surface area contributed by atoms with Crippen LogP contribution in [0.5, 0.6) is 0 Å². The molecule has 1 fully saturated rings. The molecule has 154 valence electrons. The zero-order chi connectivity index (χ0) is 19.8. The predicted molar refractivity (Wildman–Crippen MR) is 116 cm³/mol. The van der Waals surface area contributed by atoms with Gasteiger partial charge < -0.3 is 4.90 Å². The van der Waals surface area contributed by atoms with E-state index in [1.165, 1.54) is 17.7 Å². The summed E-state index contributed by atoms with van der Waals surface area (Å²) in [5, 5.41) is 8.33. The highest BCUT2D eigenvalue weighted by Gasteiger charge is 2.30. The maximum atomic E-state index is 12.9. The van der Waals surface area contributed by atoms with Crippen LogP contribution >= 0.6 is 23.1 Å². The normalized spacial score (nSPS) is 21.0. The molecule has 29 heavy (non-hydrogen) atoms. The van der Waals surface area contributed by atoms with Gasteiger partial charge in [-0.3, -0.25) is 10.1 Å². The molecule has 2 amide bonds. The van der Waals surface area contributed by atoms with Crippen LogP contribution in [0.4, 0.5) is 9.93 Å². The van der Waals surface area contributed by atoms with E-state index >= 15 is 0 Å². The lowest BCUT2D eigenvalue weighted by Crippen LogP contribution is -2.43. The zero-order valence-corrected chi connectivity index (χ0v) is 18.0. The van der Waals surface area contributed by atoms with E-state index in [4.69, 9.17) is 0 Å². The van der Waals surface area contributed by atoms with E-state index in [0.717, 1.165) is 60.6 Å². The zero-order valence-electron chi connectivity index (χ0n) is 16.4. The Morgan fingerprint density at radius 1 is 1.21 bits per heavy atom. The highest BCUT2D eigenvalue weighted by molar-refractivity contribution is 7.98. The molecule has 1 N–H and O–H groups in total. The van der Waals surface area contributed by atoms with Gasteiger partial charge in [0, 0.05) is 29.7 Å². The van der Waals surface area contributed by atoms with Crippen LogP contribution in [-0.4, -0.2) is 44.0 Å². The molecule has 1 atom stereocenters. The number of aryl methyl sites for hydroxylation is 3. The van der Waals surface area contributed by atoms with Gasteiger partial charge in [-0.2, -0.15) is 16.9 Å². The van der Waals surface area contributed by atoms with E-state index in [2.05, 4.69) is 15.4 Å². The first-order valence-electron chi connectivity index (χ1n) is 10.4. The average Bonchev–Trinajstić information content (AvgIpc) is 3.34. The van der Waals surface area contributed by atoms with Crippen molar-refractivity contribution in [1.29, 1.82) is 0 Å². The maximum absolute atomic E-state index is 12.9. The lowest BCUT2D eigenvalue weighted by molar-refractivity contribution is 0.198. The van der Waals surface area contributed by atoms with Gasteiger partial charge >= 0.3 is 6.03 Å². The Morgan fingerprint density at radius 2 is 2.10 bits per heavy atom. The minimum Gasteiger partial charge on any atom is -0.320 e.